The summed E-state index contributed by atoms with van der Waals surface area (Å²) in [5, 5.41) is 6.21. The lowest BCUT2D eigenvalue weighted by Crippen LogP contribution is -2.45. The molecule has 0 aromatic carbocycles. The van der Waals surface area contributed by atoms with Gasteiger partial charge in [0.05, 0.1) is 6.54 Å². The van der Waals surface area contributed by atoms with Gasteiger partial charge in [0.2, 0.25) is 5.91 Å². The van der Waals surface area contributed by atoms with Gasteiger partial charge in [-0.15, -0.1) is 0 Å². The fraction of sp³-hybridized carbons (Fsp3) is 0.917. The standard InChI is InChI=1S/C12H24N2O2S/c1-9(2)10(3)14-12(15)8-13-11-4-6-17(16)7-5-11/h9-11,13H,4-8H2,1-3H3,(H,14,15). The van der Waals surface area contributed by atoms with Gasteiger partial charge in [-0.05, 0) is 25.7 Å². The largest absolute Gasteiger partial charge is 0.352 e. The molecule has 0 spiro atoms. The first kappa shape index (κ1) is 14.6. The maximum Gasteiger partial charge on any atom is 0.234 e. The molecule has 5 heteroatoms. The third-order valence-electron chi connectivity index (χ3n) is 3.33. The fourth-order valence-electron chi connectivity index (χ4n) is 1.71. The molecule has 1 saturated heterocycles. The summed E-state index contributed by atoms with van der Waals surface area (Å²) in [4.78, 5) is 11.6. The van der Waals surface area contributed by atoms with Crippen LogP contribution in [0.1, 0.15) is 33.6 Å². The van der Waals surface area contributed by atoms with Gasteiger partial charge in [0.1, 0.15) is 0 Å². The van der Waals surface area contributed by atoms with E-state index >= 15 is 0 Å². The molecule has 4 nitrogen and oxygen atoms in total. The van der Waals surface area contributed by atoms with Crippen molar-refractivity contribution in [2.45, 2.75) is 45.7 Å². The molecule has 1 aliphatic rings. The number of carbonyl (C=O) groups is 1. The molecule has 0 aromatic heterocycles. The minimum atomic E-state index is -0.631. The predicted molar refractivity (Wildman–Crippen MR) is 71.3 cm³/mol. The zero-order chi connectivity index (χ0) is 12.8. The lowest BCUT2D eigenvalue weighted by atomic mass is 10.1. The van der Waals surface area contributed by atoms with Crippen molar-refractivity contribution in [2.75, 3.05) is 18.1 Å². The molecule has 0 aromatic rings. The highest BCUT2D eigenvalue weighted by atomic mass is 32.2. The normalized spacial score (nSPS) is 26.8. The Morgan fingerprint density at radius 2 is 1.88 bits per heavy atom. The van der Waals surface area contributed by atoms with Crippen molar-refractivity contribution in [3.05, 3.63) is 0 Å². The summed E-state index contributed by atoms with van der Waals surface area (Å²) in [6, 6.07) is 0.566. The van der Waals surface area contributed by atoms with Gasteiger partial charge < -0.3 is 10.6 Å². The van der Waals surface area contributed by atoms with Crippen LogP contribution >= 0.6 is 0 Å². The molecule has 1 heterocycles. The monoisotopic (exact) mass is 260 g/mol. The maximum atomic E-state index is 11.6. The summed E-state index contributed by atoms with van der Waals surface area (Å²) < 4.78 is 11.2. The molecule has 1 unspecified atom stereocenters. The maximum absolute atomic E-state index is 11.6. The Morgan fingerprint density at radius 1 is 1.29 bits per heavy atom. The summed E-state index contributed by atoms with van der Waals surface area (Å²) >= 11 is 0. The summed E-state index contributed by atoms with van der Waals surface area (Å²) in [5.74, 6) is 2.04. The van der Waals surface area contributed by atoms with Crippen LogP contribution in [0, 0.1) is 5.92 Å². The van der Waals surface area contributed by atoms with Gasteiger partial charge in [-0.3, -0.25) is 9.00 Å². The van der Waals surface area contributed by atoms with E-state index < -0.39 is 10.8 Å². The van der Waals surface area contributed by atoms with Crippen molar-refractivity contribution >= 4 is 16.7 Å². The van der Waals surface area contributed by atoms with E-state index in [1.54, 1.807) is 0 Å². The number of hydrogen-bond acceptors (Lipinski definition) is 3. The van der Waals surface area contributed by atoms with Crippen LogP contribution < -0.4 is 10.6 Å². The van der Waals surface area contributed by atoms with Gasteiger partial charge >= 0.3 is 0 Å². The molecular weight excluding hydrogens is 236 g/mol. The molecule has 0 radical (unpaired) electrons. The second kappa shape index (κ2) is 7.11. The van der Waals surface area contributed by atoms with Crippen molar-refractivity contribution < 1.29 is 9.00 Å². The van der Waals surface area contributed by atoms with Crippen molar-refractivity contribution in [3.8, 4) is 0 Å². The van der Waals surface area contributed by atoms with Gasteiger partial charge in [0, 0.05) is 34.4 Å². The van der Waals surface area contributed by atoms with Crippen molar-refractivity contribution in [2.24, 2.45) is 5.92 Å². The van der Waals surface area contributed by atoms with E-state index in [-0.39, 0.29) is 11.9 Å². The highest BCUT2D eigenvalue weighted by Crippen LogP contribution is 2.08. The third kappa shape index (κ3) is 5.64. The first-order valence-electron chi connectivity index (χ1n) is 6.36. The Morgan fingerprint density at radius 3 is 2.41 bits per heavy atom. The molecule has 100 valence electrons. The summed E-state index contributed by atoms with van der Waals surface area (Å²) in [7, 11) is -0.631. The van der Waals surface area contributed by atoms with Crippen LogP contribution in [0.5, 0.6) is 0 Å². The van der Waals surface area contributed by atoms with Crippen molar-refractivity contribution in [1.29, 1.82) is 0 Å². The lowest BCUT2D eigenvalue weighted by Gasteiger charge is -2.23. The minimum absolute atomic E-state index is 0.0536. The average Bonchev–Trinajstić information content (AvgIpc) is 2.28. The van der Waals surface area contributed by atoms with E-state index in [1.807, 2.05) is 6.92 Å². The molecule has 0 saturated carbocycles. The molecule has 1 rings (SSSR count). The van der Waals surface area contributed by atoms with E-state index in [0.29, 0.717) is 18.5 Å². The Balaban J connectivity index is 2.17. The summed E-state index contributed by atoms with van der Waals surface area (Å²) in [6.45, 7) is 6.57. The molecule has 1 aliphatic heterocycles. The third-order valence-corrected chi connectivity index (χ3v) is 4.71. The average molecular weight is 260 g/mol. The van der Waals surface area contributed by atoms with Crippen molar-refractivity contribution in [3.63, 3.8) is 0 Å². The highest BCUT2D eigenvalue weighted by molar-refractivity contribution is 7.85. The molecule has 17 heavy (non-hydrogen) atoms. The quantitative estimate of drug-likeness (QED) is 0.763. The number of amides is 1. The Hall–Kier alpha value is -0.420. The van der Waals surface area contributed by atoms with Crippen LogP contribution in [0.15, 0.2) is 0 Å². The van der Waals surface area contributed by atoms with Gasteiger partial charge in [-0.1, -0.05) is 13.8 Å². The Labute approximate surface area is 106 Å². The number of carbonyl (C=O) groups excluding carboxylic acids is 1. The molecule has 0 aliphatic carbocycles. The van der Waals surface area contributed by atoms with Crippen molar-refractivity contribution in [1.82, 2.24) is 10.6 Å². The molecule has 1 atom stereocenters. The van der Waals surface area contributed by atoms with E-state index in [0.717, 1.165) is 24.3 Å². The van der Waals surface area contributed by atoms with Gasteiger partial charge in [0.15, 0.2) is 0 Å². The van der Waals surface area contributed by atoms with E-state index in [4.69, 9.17) is 0 Å². The Kier molecular flexibility index (Phi) is 6.12. The molecule has 2 N–H and O–H groups in total. The highest BCUT2D eigenvalue weighted by Gasteiger charge is 2.18. The second-order valence-corrected chi connectivity index (χ2v) is 6.80. The first-order valence-corrected chi connectivity index (χ1v) is 7.85. The predicted octanol–water partition coefficient (Wildman–Crippen LogP) is 0.648. The number of nitrogens with one attached hydrogen (secondary N) is 2. The molecular formula is C12H24N2O2S. The number of hydrogen-bond donors (Lipinski definition) is 2. The van der Waals surface area contributed by atoms with E-state index in [2.05, 4.69) is 24.5 Å². The molecule has 0 bridgehead atoms. The van der Waals surface area contributed by atoms with Crippen LogP contribution in [0.4, 0.5) is 0 Å². The Bertz CT molecular complexity index is 272. The second-order valence-electron chi connectivity index (χ2n) is 5.10. The first-order chi connectivity index (χ1) is 7.99. The van der Waals surface area contributed by atoms with Crippen LogP contribution in [0.3, 0.4) is 0 Å². The fourth-order valence-corrected chi connectivity index (χ4v) is 3.01. The van der Waals surface area contributed by atoms with Gasteiger partial charge in [-0.25, -0.2) is 0 Å². The van der Waals surface area contributed by atoms with Crippen LogP contribution in [0.2, 0.25) is 0 Å². The van der Waals surface area contributed by atoms with Crippen LogP contribution in [-0.4, -0.2) is 40.3 Å². The van der Waals surface area contributed by atoms with Crippen LogP contribution in [-0.2, 0) is 15.6 Å². The van der Waals surface area contributed by atoms with E-state index in [1.165, 1.54) is 0 Å². The van der Waals surface area contributed by atoms with Crippen LogP contribution in [0.25, 0.3) is 0 Å². The van der Waals surface area contributed by atoms with Gasteiger partial charge in [0.25, 0.3) is 0 Å². The molecule has 1 fully saturated rings. The SMILES string of the molecule is CC(C)C(C)NC(=O)CNC1CCS(=O)CC1. The smallest absolute Gasteiger partial charge is 0.234 e. The minimum Gasteiger partial charge on any atom is -0.352 e. The molecule has 1 amide bonds. The summed E-state index contributed by atoms with van der Waals surface area (Å²) in [5.41, 5.74) is 0. The number of rotatable bonds is 5. The summed E-state index contributed by atoms with van der Waals surface area (Å²) in [6.07, 6.45) is 1.83. The lowest BCUT2D eigenvalue weighted by molar-refractivity contribution is -0.121. The zero-order valence-corrected chi connectivity index (χ0v) is 11.8. The van der Waals surface area contributed by atoms with E-state index in [9.17, 15) is 9.00 Å². The topological polar surface area (TPSA) is 58.2 Å². The zero-order valence-electron chi connectivity index (χ0n) is 11.0. The van der Waals surface area contributed by atoms with Gasteiger partial charge in [-0.2, -0.15) is 0 Å².